The number of hydrogen-bond donors (Lipinski definition) is 0. The van der Waals surface area contributed by atoms with Gasteiger partial charge in [0.25, 0.3) is 5.56 Å². The molecule has 3 aromatic carbocycles. The maximum atomic E-state index is 13.5. The molecule has 34 heavy (non-hydrogen) atoms. The number of rotatable bonds is 7. The molecule has 0 bridgehead atoms. The van der Waals surface area contributed by atoms with Gasteiger partial charge in [-0.15, -0.1) is 0 Å². The van der Waals surface area contributed by atoms with Gasteiger partial charge in [-0.05, 0) is 37.3 Å². The Hall–Kier alpha value is -3.84. The number of aryl methyl sites for hydroxylation is 1. The van der Waals surface area contributed by atoms with Gasteiger partial charge in [-0.3, -0.25) is 9.36 Å². The topological polar surface area (TPSA) is 70.2 Å². The normalized spacial score (nSPS) is 11.1. The van der Waals surface area contributed by atoms with E-state index in [2.05, 4.69) is 0 Å². The lowest BCUT2D eigenvalue weighted by Crippen LogP contribution is -2.24. The summed E-state index contributed by atoms with van der Waals surface area (Å²) < 4.78 is 13.1. The highest BCUT2D eigenvalue weighted by atomic mass is 32.2. The SMILES string of the molecule is COc1ccccc1Cn1c(SCc2nc(-c3ccccc3)oc2C)nc2ccccc2c1=O. The van der Waals surface area contributed by atoms with Gasteiger partial charge >= 0.3 is 0 Å². The van der Waals surface area contributed by atoms with Crippen molar-refractivity contribution in [3.8, 4) is 17.2 Å². The zero-order valence-corrected chi connectivity index (χ0v) is 19.7. The average molecular weight is 470 g/mol. The monoisotopic (exact) mass is 469 g/mol. The van der Waals surface area contributed by atoms with Crippen LogP contribution in [-0.2, 0) is 12.3 Å². The zero-order chi connectivity index (χ0) is 23.5. The number of nitrogens with zero attached hydrogens (tertiary/aromatic N) is 3. The van der Waals surface area contributed by atoms with E-state index in [4.69, 9.17) is 19.1 Å². The molecule has 0 saturated carbocycles. The number of oxazole rings is 1. The van der Waals surface area contributed by atoms with E-state index in [0.717, 1.165) is 28.3 Å². The predicted molar refractivity (Wildman–Crippen MR) is 134 cm³/mol. The highest BCUT2D eigenvalue weighted by Gasteiger charge is 2.17. The largest absolute Gasteiger partial charge is 0.496 e. The first-order chi connectivity index (χ1) is 16.6. The molecule has 6 nitrogen and oxygen atoms in total. The van der Waals surface area contributed by atoms with Gasteiger partial charge < -0.3 is 9.15 Å². The third-order valence-corrected chi connectivity index (χ3v) is 6.59. The molecule has 0 atom stereocenters. The van der Waals surface area contributed by atoms with Crippen molar-refractivity contribution in [3.05, 3.63) is 106 Å². The Balaban J connectivity index is 1.51. The molecule has 5 aromatic rings. The average Bonchev–Trinajstić information content (AvgIpc) is 3.26. The third kappa shape index (κ3) is 4.34. The van der Waals surface area contributed by atoms with Gasteiger partial charge in [0.2, 0.25) is 5.89 Å². The quantitative estimate of drug-likeness (QED) is 0.225. The second kappa shape index (κ2) is 9.57. The van der Waals surface area contributed by atoms with E-state index < -0.39 is 0 Å². The van der Waals surface area contributed by atoms with Crippen LogP contribution in [-0.4, -0.2) is 21.6 Å². The molecule has 0 aliphatic carbocycles. The summed E-state index contributed by atoms with van der Waals surface area (Å²) in [5.74, 6) is 2.61. The first-order valence-corrected chi connectivity index (χ1v) is 11.9. The van der Waals surface area contributed by atoms with Gasteiger partial charge in [0.15, 0.2) is 5.16 Å². The summed E-state index contributed by atoms with van der Waals surface area (Å²) in [6.45, 7) is 2.27. The lowest BCUT2D eigenvalue weighted by atomic mass is 10.2. The maximum Gasteiger partial charge on any atom is 0.262 e. The summed E-state index contributed by atoms with van der Waals surface area (Å²) in [5, 5.41) is 1.21. The summed E-state index contributed by atoms with van der Waals surface area (Å²) in [5.41, 5.74) is 3.26. The minimum absolute atomic E-state index is 0.0825. The van der Waals surface area contributed by atoms with Crippen LogP contribution < -0.4 is 10.3 Å². The van der Waals surface area contributed by atoms with Crippen molar-refractivity contribution in [3.63, 3.8) is 0 Å². The Labute approximate surface area is 201 Å². The highest BCUT2D eigenvalue weighted by Crippen LogP contribution is 2.28. The van der Waals surface area contributed by atoms with Gasteiger partial charge in [-0.1, -0.05) is 60.3 Å². The molecule has 2 aromatic heterocycles. The summed E-state index contributed by atoms with van der Waals surface area (Å²) in [7, 11) is 1.63. The fraction of sp³-hybridized carbons (Fsp3) is 0.148. The van der Waals surface area contributed by atoms with Crippen LogP contribution in [0.4, 0.5) is 0 Å². The first-order valence-electron chi connectivity index (χ1n) is 10.9. The number of para-hydroxylation sites is 2. The molecule has 0 aliphatic rings. The molecule has 7 heteroatoms. The lowest BCUT2D eigenvalue weighted by Gasteiger charge is -2.15. The molecule has 0 saturated heterocycles. The Morgan fingerprint density at radius 2 is 1.68 bits per heavy atom. The van der Waals surface area contributed by atoms with E-state index in [1.165, 1.54) is 11.8 Å². The van der Waals surface area contributed by atoms with Crippen molar-refractivity contribution in [1.29, 1.82) is 0 Å². The van der Waals surface area contributed by atoms with Crippen LogP contribution in [0, 0.1) is 6.92 Å². The minimum Gasteiger partial charge on any atom is -0.496 e. The summed E-state index contributed by atoms with van der Waals surface area (Å²) in [6.07, 6.45) is 0. The Bertz CT molecular complexity index is 1510. The molecule has 0 aliphatic heterocycles. The van der Waals surface area contributed by atoms with Crippen molar-refractivity contribution in [2.45, 2.75) is 24.4 Å². The highest BCUT2D eigenvalue weighted by molar-refractivity contribution is 7.98. The molecule has 0 N–H and O–H groups in total. The molecule has 5 rings (SSSR count). The number of methoxy groups -OCH3 is 1. The molecule has 170 valence electrons. The number of aromatic nitrogens is 3. The molecule has 0 amide bonds. The smallest absolute Gasteiger partial charge is 0.262 e. The summed E-state index contributed by atoms with van der Waals surface area (Å²) in [6, 6.07) is 24.9. The second-order valence-electron chi connectivity index (χ2n) is 7.79. The fourth-order valence-electron chi connectivity index (χ4n) is 3.80. The van der Waals surface area contributed by atoms with Crippen molar-refractivity contribution in [2.75, 3.05) is 7.11 Å². The fourth-order valence-corrected chi connectivity index (χ4v) is 4.80. The van der Waals surface area contributed by atoms with E-state index in [0.29, 0.717) is 34.2 Å². The van der Waals surface area contributed by atoms with E-state index in [1.807, 2.05) is 85.8 Å². The van der Waals surface area contributed by atoms with Crippen LogP contribution in [0.3, 0.4) is 0 Å². The lowest BCUT2D eigenvalue weighted by molar-refractivity contribution is 0.407. The van der Waals surface area contributed by atoms with Crippen LogP contribution in [0.2, 0.25) is 0 Å². The molecule has 0 radical (unpaired) electrons. The minimum atomic E-state index is -0.0825. The number of benzene rings is 3. The molecule has 0 spiro atoms. The van der Waals surface area contributed by atoms with Gasteiger partial charge in [0.05, 0.1) is 30.3 Å². The number of fused-ring (bicyclic) bond motifs is 1. The van der Waals surface area contributed by atoms with Crippen molar-refractivity contribution in [2.24, 2.45) is 0 Å². The Morgan fingerprint density at radius 1 is 0.941 bits per heavy atom. The Morgan fingerprint density at radius 3 is 2.50 bits per heavy atom. The maximum absolute atomic E-state index is 13.5. The van der Waals surface area contributed by atoms with Gasteiger partial charge in [-0.25, -0.2) is 9.97 Å². The number of hydrogen-bond acceptors (Lipinski definition) is 6. The summed E-state index contributed by atoms with van der Waals surface area (Å²) >= 11 is 1.47. The standard InChI is InChI=1S/C27H23N3O3S/c1-18-23(28-25(33-18)19-10-4-3-5-11-19)17-34-27-29-22-14-8-7-13-21(22)26(31)30(27)16-20-12-6-9-15-24(20)32-2/h3-15H,16-17H2,1-2H3. The van der Waals surface area contributed by atoms with Crippen LogP contribution in [0.1, 0.15) is 17.0 Å². The predicted octanol–water partition coefficient (Wildman–Crippen LogP) is 5.71. The number of ether oxygens (including phenoxy) is 1. The Kier molecular flexibility index (Phi) is 6.18. The molecule has 0 unspecified atom stereocenters. The molecular formula is C27H23N3O3S. The molecule has 0 fully saturated rings. The number of thioether (sulfide) groups is 1. The summed E-state index contributed by atoms with van der Waals surface area (Å²) in [4.78, 5) is 23.0. The van der Waals surface area contributed by atoms with Crippen molar-refractivity contribution < 1.29 is 9.15 Å². The zero-order valence-electron chi connectivity index (χ0n) is 18.9. The van der Waals surface area contributed by atoms with Crippen molar-refractivity contribution >= 4 is 22.7 Å². The van der Waals surface area contributed by atoms with Crippen LogP contribution in [0.25, 0.3) is 22.4 Å². The second-order valence-corrected chi connectivity index (χ2v) is 8.73. The first kappa shape index (κ1) is 22.0. The van der Waals surface area contributed by atoms with E-state index >= 15 is 0 Å². The van der Waals surface area contributed by atoms with Crippen molar-refractivity contribution in [1.82, 2.24) is 14.5 Å². The van der Waals surface area contributed by atoms with E-state index in [-0.39, 0.29) is 5.56 Å². The van der Waals surface area contributed by atoms with Gasteiger partial charge in [0.1, 0.15) is 11.5 Å². The van der Waals surface area contributed by atoms with Crippen LogP contribution in [0.5, 0.6) is 5.75 Å². The van der Waals surface area contributed by atoms with Gasteiger partial charge in [0, 0.05) is 16.9 Å². The van der Waals surface area contributed by atoms with E-state index in [1.54, 1.807) is 11.7 Å². The van der Waals surface area contributed by atoms with Gasteiger partial charge in [-0.2, -0.15) is 0 Å². The third-order valence-electron chi connectivity index (χ3n) is 5.60. The van der Waals surface area contributed by atoms with Crippen LogP contribution in [0.15, 0.2) is 93.2 Å². The van der Waals surface area contributed by atoms with E-state index in [9.17, 15) is 4.79 Å². The molecular weight excluding hydrogens is 446 g/mol. The van der Waals surface area contributed by atoms with Crippen LogP contribution >= 0.6 is 11.8 Å². The molecule has 2 heterocycles.